The van der Waals surface area contributed by atoms with Gasteiger partial charge in [0.2, 0.25) is 0 Å². The molecular weight excluding hydrogens is 460 g/mol. The number of amides is 1. The van der Waals surface area contributed by atoms with E-state index < -0.39 is 0 Å². The van der Waals surface area contributed by atoms with Crippen LogP contribution in [0.1, 0.15) is 79.1 Å². The van der Waals surface area contributed by atoms with Crippen LogP contribution in [0.3, 0.4) is 0 Å². The molecule has 1 saturated heterocycles. The largest absolute Gasteiger partial charge is 0.497 e. The summed E-state index contributed by atoms with van der Waals surface area (Å²) in [5.74, 6) is 2.10. The lowest BCUT2D eigenvalue weighted by Gasteiger charge is -2.42. The first-order valence-electron chi connectivity index (χ1n) is 13.5. The highest BCUT2D eigenvalue weighted by molar-refractivity contribution is 5.91. The van der Waals surface area contributed by atoms with Crippen molar-refractivity contribution in [2.45, 2.75) is 64.7 Å². The van der Waals surface area contributed by atoms with E-state index in [-0.39, 0.29) is 16.7 Å². The number of benzene rings is 2. The molecule has 0 atom stereocenters. The molecule has 0 spiro atoms. The van der Waals surface area contributed by atoms with Crippen molar-refractivity contribution in [3.63, 3.8) is 0 Å². The fraction of sp³-hybridized carbons (Fsp3) is 0.469. The van der Waals surface area contributed by atoms with Crippen molar-refractivity contribution in [2.24, 2.45) is 0 Å². The molecule has 5 rings (SSSR count). The van der Waals surface area contributed by atoms with Crippen LogP contribution in [0.25, 0.3) is 0 Å². The quantitative estimate of drug-likeness (QED) is 0.401. The number of fused-ring (bicyclic) bond motifs is 1. The van der Waals surface area contributed by atoms with Crippen LogP contribution in [0.2, 0.25) is 0 Å². The summed E-state index contributed by atoms with van der Waals surface area (Å²) in [5.41, 5.74) is 7.01. The Hall–Kier alpha value is -3.21. The topological polar surface area (TPSA) is 45.9 Å². The molecule has 196 valence electrons. The number of aryl methyl sites for hydroxylation is 1. The first kappa shape index (κ1) is 25.4. The van der Waals surface area contributed by atoms with Crippen molar-refractivity contribution in [3.05, 3.63) is 82.3 Å². The number of anilines is 1. The second-order valence-corrected chi connectivity index (χ2v) is 12.0. The lowest BCUT2D eigenvalue weighted by molar-refractivity contribution is 0.0713. The van der Waals surface area contributed by atoms with E-state index in [0.29, 0.717) is 25.3 Å². The summed E-state index contributed by atoms with van der Waals surface area (Å²) in [6.07, 6.45) is 3.11. The Kier molecular flexibility index (Phi) is 6.59. The van der Waals surface area contributed by atoms with Crippen LogP contribution in [0, 0.1) is 6.92 Å². The van der Waals surface area contributed by atoms with E-state index >= 15 is 0 Å². The summed E-state index contributed by atoms with van der Waals surface area (Å²) in [6.45, 7) is 14.5. The Bertz CT molecular complexity index is 1300. The van der Waals surface area contributed by atoms with Crippen LogP contribution < -0.4 is 9.64 Å². The second kappa shape index (κ2) is 9.59. The predicted octanol–water partition coefficient (Wildman–Crippen LogP) is 6.50. The van der Waals surface area contributed by atoms with Crippen LogP contribution in [0.5, 0.6) is 5.75 Å². The molecule has 5 nitrogen and oxygen atoms in total. The maximum atomic E-state index is 13.2. The predicted molar refractivity (Wildman–Crippen MR) is 149 cm³/mol. The molecule has 1 aromatic heterocycles. The third-order valence-electron chi connectivity index (χ3n) is 8.53. The van der Waals surface area contributed by atoms with E-state index in [1.807, 2.05) is 35.2 Å². The van der Waals surface area contributed by atoms with Gasteiger partial charge in [0, 0.05) is 44.4 Å². The van der Waals surface area contributed by atoms with E-state index in [9.17, 15) is 4.79 Å². The molecule has 2 aromatic carbocycles. The van der Waals surface area contributed by atoms with Gasteiger partial charge in [-0.2, -0.15) is 0 Å². The zero-order valence-electron chi connectivity index (χ0n) is 23.2. The van der Waals surface area contributed by atoms with Crippen molar-refractivity contribution in [1.82, 2.24) is 4.90 Å². The van der Waals surface area contributed by atoms with Crippen LogP contribution >= 0.6 is 0 Å². The zero-order chi connectivity index (χ0) is 26.4. The molecule has 0 radical (unpaired) electrons. The van der Waals surface area contributed by atoms with Gasteiger partial charge in [-0.1, -0.05) is 45.9 Å². The molecule has 5 heteroatoms. The Labute approximate surface area is 221 Å². The van der Waals surface area contributed by atoms with Crippen molar-refractivity contribution in [2.75, 3.05) is 38.2 Å². The van der Waals surface area contributed by atoms with Gasteiger partial charge in [-0.25, -0.2) is 0 Å². The van der Waals surface area contributed by atoms with Crippen LogP contribution in [0.15, 0.2) is 52.9 Å². The van der Waals surface area contributed by atoms with Gasteiger partial charge >= 0.3 is 0 Å². The number of carbonyl (C=O) groups excluding carboxylic acids is 1. The number of carbonyl (C=O) groups is 1. The highest BCUT2D eigenvalue weighted by Gasteiger charge is 2.37. The number of piperazine rings is 1. The van der Waals surface area contributed by atoms with Gasteiger partial charge in [0.25, 0.3) is 5.91 Å². The van der Waals surface area contributed by atoms with E-state index in [2.05, 4.69) is 57.7 Å². The van der Waals surface area contributed by atoms with Gasteiger partial charge in [-0.15, -0.1) is 0 Å². The minimum Gasteiger partial charge on any atom is -0.497 e. The Morgan fingerprint density at radius 2 is 1.59 bits per heavy atom. The Balaban J connectivity index is 1.27. The molecular formula is C32H40N2O3. The number of hydrogen-bond acceptors (Lipinski definition) is 4. The summed E-state index contributed by atoms with van der Waals surface area (Å²) in [4.78, 5) is 17.4. The summed E-state index contributed by atoms with van der Waals surface area (Å²) >= 11 is 0. The van der Waals surface area contributed by atoms with Crippen molar-refractivity contribution >= 4 is 11.6 Å². The average molecular weight is 501 g/mol. The highest BCUT2D eigenvalue weighted by atomic mass is 16.5. The minimum atomic E-state index is -0.0263. The monoisotopic (exact) mass is 500 g/mol. The zero-order valence-corrected chi connectivity index (χ0v) is 23.2. The third-order valence-corrected chi connectivity index (χ3v) is 8.53. The molecule has 0 bridgehead atoms. The summed E-state index contributed by atoms with van der Waals surface area (Å²) in [5, 5.41) is 0. The normalized spacial score (nSPS) is 18.4. The summed E-state index contributed by atoms with van der Waals surface area (Å²) in [6, 6.07) is 16.7. The van der Waals surface area contributed by atoms with Gasteiger partial charge < -0.3 is 19.0 Å². The van der Waals surface area contributed by atoms with Crippen LogP contribution in [0.4, 0.5) is 5.69 Å². The molecule has 1 aliphatic carbocycles. The molecule has 3 aromatic rings. The molecule has 0 unspecified atom stereocenters. The number of rotatable bonds is 5. The Morgan fingerprint density at radius 1 is 0.919 bits per heavy atom. The van der Waals surface area contributed by atoms with Crippen LogP contribution in [-0.4, -0.2) is 44.1 Å². The number of furan rings is 1. The highest BCUT2D eigenvalue weighted by Crippen LogP contribution is 2.46. The average Bonchev–Trinajstić information content (AvgIpc) is 3.36. The third kappa shape index (κ3) is 5.01. The maximum absolute atomic E-state index is 13.2. The summed E-state index contributed by atoms with van der Waals surface area (Å²) < 4.78 is 11.5. The minimum absolute atomic E-state index is 0.0263. The van der Waals surface area contributed by atoms with Gasteiger partial charge in [0.05, 0.1) is 7.11 Å². The summed E-state index contributed by atoms with van der Waals surface area (Å²) in [7, 11) is 1.68. The standard InChI is InChI=1S/C32H40N2O3/c1-22-18-27-28(32(4,5)13-12-31(27,2)3)20-23(22)19-26-10-11-29(37-26)30(35)34-16-14-33(15-17-34)24-8-7-9-25(21-24)36-6/h7-11,18,20-21H,12-17,19H2,1-6H3. The Morgan fingerprint density at radius 3 is 2.27 bits per heavy atom. The molecule has 37 heavy (non-hydrogen) atoms. The molecule has 1 aliphatic heterocycles. The number of methoxy groups -OCH3 is 1. The number of hydrogen-bond donors (Lipinski definition) is 0. The lowest BCUT2D eigenvalue weighted by atomic mass is 9.62. The first-order valence-corrected chi connectivity index (χ1v) is 13.5. The SMILES string of the molecule is COc1cccc(N2CCN(C(=O)c3ccc(Cc4cc5c(cc4C)C(C)(C)CCC5(C)C)o3)CC2)c1. The van der Waals surface area contributed by atoms with Gasteiger partial charge in [-0.05, 0) is 77.1 Å². The van der Waals surface area contributed by atoms with Gasteiger partial charge in [0.1, 0.15) is 11.5 Å². The number of nitrogens with zero attached hydrogens (tertiary/aromatic N) is 2. The first-order chi connectivity index (χ1) is 17.6. The van der Waals surface area contributed by atoms with Crippen molar-refractivity contribution < 1.29 is 13.9 Å². The molecule has 1 amide bonds. The van der Waals surface area contributed by atoms with E-state index in [0.717, 1.165) is 30.3 Å². The van der Waals surface area contributed by atoms with Crippen LogP contribution in [-0.2, 0) is 17.3 Å². The fourth-order valence-corrected chi connectivity index (χ4v) is 5.86. The van der Waals surface area contributed by atoms with E-state index in [1.54, 1.807) is 7.11 Å². The molecule has 0 saturated carbocycles. The second-order valence-electron chi connectivity index (χ2n) is 12.0. The smallest absolute Gasteiger partial charge is 0.289 e. The lowest BCUT2D eigenvalue weighted by Crippen LogP contribution is -2.48. The molecule has 2 aliphatic rings. The van der Waals surface area contributed by atoms with E-state index in [4.69, 9.17) is 9.15 Å². The maximum Gasteiger partial charge on any atom is 0.289 e. The van der Waals surface area contributed by atoms with Gasteiger partial charge in [0.15, 0.2) is 5.76 Å². The molecule has 0 N–H and O–H groups in total. The molecule has 1 fully saturated rings. The fourth-order valence-electron chi connectivity index (χ4n) is 5.86. The van der Waals surface area contributed by atoms with E-state index in [1.165, 1.54) is 35.1 Å². The number of ether oxygens (including phenoxy) is 1. The van der Waals surface area contributed by atoms with Gasteiger partial charge in [-0.3, -0.25) is 4.79 Å². The molecule has 2 heterocycles. The van der Waals surface area contributed by atoms with Crippen molar-refractivity contribution in [1.29, 1.82) is 0 Å². The van der Waals surface area contributed by atoms with Crippen molar-refractivity contribution in [3.8, 4) is 5.75 Å².